The van der Waals surface area contributed by atoms with Crippen LogP contribution in [0.25, 0.3) is 122 Å². The maximum Gasteiger partial charge on any atom is 0.160 e. The standard InChI is InChI=1S/C58H36N4O/c1-3-17-37(18-4-1)47-36-48(38-19-5-2-6-20-38)60-58(59-47)39-31-33-53(62-52-29-15-10-25-45(52)56-54(62)34-32-44-43-24-11-16-30-55(43)63-57(44)56)46(35-39)42-23-9-14-28-51(42)61-49-26-12-7-21-40(49)41-22-8-13-27-50(41)61/h1-36H. The number of nitrogens with zero attached hydrogens (tertiary/aromatic N) is 4. The van der Waals surface area contributed by atoms with E-state index in [-0.39, 0.29) is 0 Å². The van der Waals surface area contributed by atoms with Gasteiger partial charge >= 0.3 is 0 Å². The Bertz CT molecular complexity index is 3800. The average molecular weight is 805 g/mol. The van der Waals surface area contributed by atoms with Gasteiger partial charge in [0.1, 0.15) is 11.2 Å². The SMILES string of the molecule is c1ccc(-c2cc(-c3ccccc3)nc(-c3ccc(-n4c5ccccc5c5c6oc7ccccc7c6ccc54)c(-c4ccccc4-n4c5ccccc5c5ccccc54)c3)n2)cc1. The summed E-state index contributed by atoms with van der Waals surface area (Å²) in [4.78, 5) is 10.6. The fourth-order valence-corrected chi connectivity index (χ4v) is 9.75. The summed E-state index contributed by atoms with van der Waals surface area (Å²) in [5, 5.41) is 6.88. The maximum absolute atomic E-state index is 6.73. The van der Waals surface area contributed by atoms with E-state index in [0.29, 0.717) is 5.82 Å². The Hall–Kier alpha value is -8.54. The number of hydrogen-bond acceptors (Lipinski definition) is 3. The topological polar surface area (TPSA) is 48.8 Å². The second-order valence-corrected chi connectivity index (χ2v) is 16.1. The van der Waals surface area contributed by atoms with Crippen molar-refractivity contribution in [2.45, 2.75) is 0 Å². The van der Waals surface area contributed by atoms with Gasteiger partial charge in [-0.05, 0) is 66.7 Å². The van der Waals surface area contributed by atoms with Gasteiger partial charge in [-0.1, -0.05) is 152 Å². The first kappa shape index (κ1) is 35.2. The molecule has 13 rings (SSSR count). The fourth-order valence-electron chi connectivity index (χ4n) is 9.75. The van der Waals surface area contributed by atoms with Crippen molar-refractivity contribution in [2.75, 3.05) is 0 Å². The average Bonchev–Trinajstić information content (AvgIpc) is 4.02. The summed E-state index contributed by atoms with van der Waals surface area (Å²) in [7, 11) is 0. The van der Waals surface area contributed by atoms with Crippen LogP contribution in [-0.4, -0.2) is 19.1 Å². The fraction of sp³-hybridized carbons (Fsp3) is 0. The zero-order valence-corrected chi connectivity index (χ0v) is 34.0. The predicted octanol–water partition coefficient (Wildman–Crippen LogP) is 15.2. The van der Waals surface area contributed by atoms with Gasteiger partial charge in [-0.2, -0.15) is 0 Å². The molecule has 0 saturated carbocycles. The number of fused-ring (bicyclic) bond motifs is 10. The lowest BCUT2D eigenvalue weighted by atomic mass is 9.97. The van der Waals surface area contributed by atoms with E-state index in [9.17, 15) is 0 Å². The van der Waals surface area contributed by atoms with Crippen molar-refractivity contribution in [1.29, 1.82) is 0 Å². The van der Waals surface area contributed by atoms with Gasteiger partial charge in [-0.25, -0.2) is 9.97 Å². The molecule has 4 aromatic heterocycles. The van der Waals surface area contributed by atoms with Gasteiger partial charge in [0.15, 0.2) is 5.82 Å². The van der Waals surface area contributed by atoms with Crippen LogP contribution in [0.3, 0.4) is 0 Å². The Morgan fingerprint density at radius 1 is 0.333 bits per heavy atom. The third-order valence-electron chi connectivity index (χ3n) is 12.6. The minimum absolute atomic E-state index is 0.656. The van der Waals surface area contributed by atoms with Crippen LogP contribution in [0.2, 0.25) is 0 Å². The van der Waals surface area contributed by atoms with E-state index >= 15 is 0 Å². The molecule has 0 spiro atoms. The Morgan fingerprint density at radius 2 is 0.857 bits per heavy atom. The highest BCUT2D eigenvalue weighted by molar-refractivity contribution is 6.24. The molecule has 13 aromatic rings. The zero-order chi connectivity index (χ0) is 41.4. The molecule has 0 saturated heterocycles. The largest absolute Gasteiger partial charge is 0.455 e. The van der Waals surface area contributed by atoms with Crippen LogP contribution < -0.4 is 0 Å². The minimum atomic E-state index is 0.656. The summed E-state index contributed by atoms with van der Waals surface area (Å²) in [6.07, 6.45) is 0. The number of aromatic nitrogens is 4. The van der Waals surface area contributed by atoms with Crippen molar-refractivity contribution < 1.29 is 4.42 Å². The van der Waals surface area contributed by atoms with Crippen LogP contribution in [0.15, 0.2) is 223 Å². The molecule has 0 N–H and O–H groups in total. The Labute approximate surface area is 362 Å². The second-order valence-electron chi connectivity index (χ2n) is 16.1. The number of benzene rings is 9. The van der Waals surface area contributed by atoms with E-state index in [1.54, 1.807) is 0 Å². The molecule has 0 aliphatic rings. The summed E-state index contributed by atoms with van der Waals surface area (Å²) in [5.41, 5.74) is 15.2. The van der Waals surface area contributed by atoms with E-state index in [1.165, 1.54) is 10.8 Å². The molecular formula is C58H36N4O. The molecule has 9 aromatic carbocycles. The van der Waals surface area contributed by atoms with Gasteiger partial charge in [0.05, 0.1) is 50.2 Å². The van der Waals surface area contributed by atoms with Crippen LogP contribution in [0.4, 0.5) is 0 Å². The number of furan rings is 1. The highest BCUT2D eigenvalue weighted by atomic mass is 16.3. The van der Waals surface area contributed by atoms with E-state index in [2.05, 4.69) is 209 Å². The molecule has 0 aliphatic carbocycles. The van der Waals surface area contributed by atoms with Gasteiger partial charge in [0.2, 0.25) is 0 Å². The first-order valence-electron chi connectivity index (χ1n) is 21.3. The molecule has 0 unspecified atom stereocenters. The lowest BCUT2D eigenvalue weighted by molar-refractivity contribution is 0.673. The molecule has 0 aliphatic heterocycles. The summed E-state index contributed by atoms with van der Waals surface area (Å²) >= 11 is 0. The molecule has 63 heavy (non-hydrogen) atoms. The molecule has 0 fully saturated rings. The molecule has 0 amide bonds. The Kier molecular flexibility index (Phi) is 7.84. The third kappa shape index (κ3) is 5.50. The first-order valence-corrected chi connectivity index (χ1v) is 21.3. The molecule has 294 valence electrons. The molecular weight excluding hydrogens is 769 g/mol. The Balaban J connectivity index is 1.13. The Morgan fingerprint density at radius 3 is 1.54 bits per heavy atom. The van der Waals surface area contributed by atoms with Gasteiger partial charge in [-0.3, -0.25) is 0 Å². The van der Waals surface area contributed by atoms with Crippen molar-refractivity contribution in [3.8, 4) is 56.4 Å². The normalized spacial score (nSPS) is 11.8. The van der Waals surface area contributed by atoms with Crippen molar-refractivity contribution >= 4 is 65.6 Å². The zero-order valence-electron chi connectivity index (χ0n) is 34.0. The predicted molar refractivity (Wildman–Crippen MR) is 260 cm³/mol. The summed E-state index contributed by atoms with van der Waals surface area (Å²) < 4.78 is 11.6. The molecule has 0 atom stereocenters. The van der Waals surface area contributed by atoms with Crippen LogP contribution in [0, 0.1) is 0 Å². The first-order chi connectivity index (χ1) is 31.3. The lowest BCUT2D eigenvalue weighted by Crippen LogP contribution is -2.02. The summed E-state index contributed by atoms with van der Waals surface area (Å²) in [5.74, 6) is 0.656. The monoisotopic (exact) mass is 804 g/mol. The number of hydrogen-bond donors (Lipinski definition) is 0. The summed E-state index contributed by atoms with van der Waals surface area (Å²) in [6, 6.07) is 77.2. The van der Waals surface area contributed by atoms with Crippen LogP contribution in [0.1, 0.15) is 0 Å². The van der Waals surface area contributed by atoms with E-state index in [0.717, 1.165) is 105 Å². The maximum atomic E-state index is 6.73. The van der Waals surface area contributed by atoms with Crippen molar-refractivity contribution in [3.05, 3.63) is 218 Å². The quantitative estimate of drug-likeness (QED) is 0.168. The van der Waals surface area contributed by atoms with Crippen molar-refractivity contribution in [1.82, 2.24) is 19.1 Å². The molecule has 5 nitrogen and oxygen atoms in total. The molecule has 5 heteroatoms. The van der Waals surface area contributed by atoms with E-state index < -0.39 is 0 Å². The molecule has 0 radical (unpaired) electrons. The highest BCUT2D eigenvalue weighted by Gasteiger charge is 2.23. The van der Waals surface area contributed by atoms with Gasteiger partial charge in [-0.15, -0.1) is 0 Å². The van der Waals surface area contributed by atoms with Gasteiger partial charge in [0.25, 0.3) is 0 Å². The van der Waals surface area contributed by atoms with Crippen molar-refractivity contribution in [2.24, 2.45) is 0 Å². The van der Waals surface area contributed by atoms with Crippen LogP contribution in [0.5, 0.6) is 0 Å². The minimum Gasteiger partial charge on any atom is -0.455 e. The van der Waals surface area contributed by atoms with Crippen LogP contribution in [-0.2, 0) is 0 Å². The third-order valence-corrected chi connectivity index (χ3v) is 12.6. The molecule has 4 heterocycles. The smallest absolute Gasteiger partial charge is 0.160 e. The van der Waals surface area contributed by atoms with E-state index in [4.69, 9.17) is 14.4 Å². The number of rotatable bonds is 6. The van der Waals surface area contributed by atoms with Crippen molar-refractivity contribution in [3.63, 3.8) is 0 Å². The highest BCUT2D eigenvalue weighted by Crippen LogP contribution is 2.45. The lowest BCUT2D eigenvalue weighted by Gasteiger charge is -2.19. The molecule has 0 bridgehead atoms. The van der Waals surface area contributed by atoms with Crippen LogP contribution >= 0.6 is 0 Å². The van der Waals surface area contributed by atoms with Gasteiger partial charge < -0.3 is 13.6 Å². The van der Waals surface area contributed by atoms with Gasteiger partial charge in [0, 0.05) is 54.7 Å². The second kappa shape index (κ2) is 14.0. The summed E-state index contributed by atoms with van der Waals surface area (Å²) in [6.45, 7) is 0. The number of para-hydroxylation sites is 5. The van der Waals surface area contributed by atoms with E-state index in [1.807, 2.05) is 18.2 Å².